The average Bonchev–Trinajstić information content (AvgIpc) is 3.72. The van der Waals surface area contributed by atoms with Crippen molar-refractivity contribution in [2.45, 2.75) is 64.0 Å². The number of anilines is 4. The summed E-state index contributed by atoms with van der Waals surface area (Å²) in [7, 11) is 0. The van der Waals surface area contributed by atoms with Crippen LogP contribution in [-0.4, -0.2) is 39.6 Å². The van der Waals surface area contributed by atoms with Crippen LogP contribution >= 0.6 is 0 Å². The van der Waals surface area contributed by atoms with E-state index in [0.29, 0.717) is 36.4 Å². The molecule has 2 aromatic heterocycles. The predicted molar refractivity (Wildman–Crippen MR) is 143 cm³/mol. The second-order valence-electron chi connectivity index (χ2n) is 10.2. The van der Waals surface area contributed by atoms with Crippen molar-refractivity contribution >= 4 is 40.0 Å². The first kappa shape index (κ1) is 22.8. The highest BCUT2D eigenvalue weighted by Crippen LogP contribution is 2.40. The minimum absolute atomic E-state index is 0.0265. The van der Waals surface area contributed by atoms with Gasteiger partial charge in [0.05, 0.1) is 11.4 Å². The number of para-hydroxylation sites is 1. The van der Waals surface area contributed by atoms with Crippen molar-refractivity contribution in [2.75, 3.05) is 28.2 Å². The molecule has 0 unspecified atom stereocenters. The van der Waals surface area contributed by atoms with Crippen LogP contribution in [0.1, 0.15) is 56.6 Å². The first-order valence-electron chi connectivity index (χ1n) is 13.0. The minimum atomic E-state index is -0.132. The number of carbonyl (C=O) groups is 1. The van der Waals surface area contributed by atoms with Gasteiger partial charge in [-0.05, 0) is 56.4 Å². The second kappa shape index (κ2) is 9.08. The zero-order valence-electron chi connectivity index (χ0n) is 20.7. The lowest BCUT2D eigenvalue weighted by Crippen LogP contribution is -2.44. The zero-order valence-corrected chi connectivity index (χ0v) is 20.7. The maximum atomic E-state index is 14.2. The van der Waals surface area contributed by atoms with Gasteiger partial charge in [0.2, 0.25) is 5.95 Å². The maximum absolute atomic E-state index is 14.2. The molecule has 0 atom stereocenters. The van der Waals surface area contributed by atoms with Crippen molar-refractivity contribution in [3.63, 3.8) is 0 Å². The van der Waals surface area contributed by atoms with E-state index >= 15 is 0 Å². The molecule has 1 amide bonds. The molecule has 8 nitrogen and oxygen atoms in total. The molecule has 6 rings (SSSR count). The van der Waals surface area contributed by atoms with Gasteiger partial charge >= 0.3 is 0 Å². The van der Waals surface area contributed by atoms with E-state index in [-0.39, 0.29) is 17.5 Å². The summed E-state index contributed by atoms with van der Waals surface area (Å²) in [5.74, 6) is 0.464. The van der Waals surface area contributed by atoms with Crippen LogP contribution in [-0.2, 0) is 4.79 Å². The van der Waals surface area contributed by atoms with Crippen LogP contribution in [0, 0.1) is 6.92 Å². The molecule has 0 saturated heterocycles. The van der Waals surface area contributed by atoms with Gasteiger partial charge in [-0.25, -0.2) is 4.98 Å². The summed E-state index contributed by atoms with van der Waals surface area (Å²) < 4.78 is 1.93. The van der Waals surface area contributed by atoms with Gasteiger partial charge in [0.25, 0.3) is 11.5 Å². The number of amides is 1. The van der Waals surface area contributed by atoms with Crippen molar-refractivity contribution in [1.29, 1.82) is 0 Å². The molecular formula is C28H32N6O2. The third kappa shape index (κ3) is 3.94. The maximum Gasteiger partial charge on any atom is 0.276 e. The van der Waals surface area contributed by atoms with Crippen molar-refractivity contribution in [3.05, 3.63) is 59.0 Å². The molecule has 3 aliphatic rings. The number of fused-ring (bicyclic) bond motifs is 2. The van der Waals surface area contributed by atoms with Gasteiger partial charge in [-0.3, -0.25) is 14.2 Å². The molecular weight excluding hydrogens is 452 g/mol. The number of benzene rings is 1. The molecule has 0 radical (unpaired) electrons. The lowest BCUT2D eigenvalue weighted by molar-refractivity contribution is -0.114. The van der Waals surface area contributed by atoms with Crippen LogP contribution < -0.4 is 20.7 Å². The second-order valence-corrected chi connectivity index (χ2v) is 10.2. The highest BCUT2D eigenvalue weighted by atomic mass is 16.2. The van der Waals surface area contributed by atoms with Gasteiger partial charge in [0, 0.05) is 36.8 Å². The standard InChI is InChI=1S/C28H32N6O2/c1-3-24(35)33-15-14-32(22-11-7-8-18(2)25(22)33)23-16-19-17-29-28(30-20-12-13-20)31-26(19)34(27(23)36)21-9-5-4-6-10-21/h3,7-8,11,16-17,20-21H,1,4-6,9-10,12-15H2,2H3,(H,29,30,31). The van der Waals surface area contributed by atoms with E-state index in [0.717, 1.165) is 60.8 Å². The lowest BCUT2D eigenvalue weighted by Gasteiger charge is -2.38. The third-order valence-corrected chi connectivity index (χ3v) is 7.66. The fraction of sp³-hybridized carbons (Fsp3) is 0.429. The van der Waals surface area contributed by atoms with E-state index in [1.54, 1.807) is 4.90 Å². The van der Waals surface area contributed by atoms with Crippen LogP contribution in [0.3, 0.4) is 0 Å². The molecule has 2 saturated carbocycles. The molecule has 0 spiro atoms. The van der Waals surface area contributed by atoms with Crippen molar-refractivity contribution in [3.8, 4) is 0 Å². The van der Waals surface area contributed by atoms with Crippen LogP contribution in [0.5, 0.6) is 0 Å². The molecule has 1 N–H and O–H groups in total. The first-order valence-corrected chi connectivity index (χ1v) is 13.0. The topological polar surface area (TPSA) is 83.4 Å². The number of rotatable bonds is 5. The molecule has 186 valence electrons. The molecule has 3 aromatic rings. The fourth-order valence-corrected chi connectivity index (χ4v) is 5.68. The summed E-state index contributed by atoms with van der Waals surface area (Å²) in [4.78, 5) is 40.1. The summed E-state index contributed by atoms with van der Waals surface area (Å²) in [6.07, 6.45) is 10.8. The summed E-state index contributed by atoms with van der Waals surface area (Å²) in [5, 5.41) is 4.24. The monoisotopic (exact) mass is 484 g/mol. The predicted octanol–water partition coefficient (Wildman–Crippen LogP) is 4.85. The minimum Gasteiger partial charge on any atom is -0.351 e. The number of nitrogens with one attached hydrogen (secondary N) is 1. The van der Waals surface area contributed by atoms with Crippen molar-refractivity contribution in [1.82, 2.24) is 14.5 Å². The molecule has 1 aromatic carbocycles. The number of aromatic nitrogens is 3. The quantitative estimate of drug-likeness (QED) is 0.521. The summed E-state index contributed by atoms with van der Waals surface area (Å²) in [6, 6.07) is 8.44. The largest absolute Gasteiger partial charge is 0.351 e. The van der Waals surface area contributed by atoms with E-state index in [1.807, 2.05) is 42.0 Å². The van der Waals surface area contributed by atoms with Crippen LogP contribution in [0.4, 0.5) is 23.0 Å². The molecule has 2 fully saturated rings. The smallest absolute Gasteiger partial charge is 0.276 e. The number of aryl methyl sites for hydroxylation is 1. The lowest BCUT2D eigenvalue weighted by atomic mass is 9.95. The van der Waals surface area contributed by atoms with Gasteiger partial charge in [0.15, 0.2) is 0 Å². The normalized spacial score (nSPS) is 18.2. The first-order chi connectivity index (χ1) is 17.5. The Balaban J connectivity index is 1.52. The number of hydrogen-bond acceptors (Lipinski definition) is 6. The Labute approximate surface area is 210 Å². The number of nitrogens with zero attached hydrogens (tertiary/aromatic N) is 5. The Morgan fingerprint density at radius 3 is 2.67 bits per heavy atom. The van der Waals surface area contributed by atoms with Gasteiger partial charge < -0.3 is 15.1 Å². The molecule has 8 heteroatoms. The Bertz CT molecular complexity index is 1400. The molecule has 1 aliphatic heterocycles. The van der Waals surface area contributed by atoms with E-state index < -0.39 is 0 Å². The highest BCUT2D eigenvalue weighted by molar-refractivity contribution is 6.05. The molecule has 36 heavy (non-hydrogen) atoms. The van der Waals surface area contributed by atoms with E-state index in [4.69, 9.17) is 4.98 Å². The van der Waals surface area contributed by atoms with Crippen LogP contribution in [0.15, 0.2) is 47.9 Å². The van der Waals surface area contributed by atoms with E-state index in [2.05, 4.69) is 21.8 Å². The van der Waals surface area contributed by atoms with Gasteiger partial charge in [0.1, 0.15) is 11.3 Å². The molecule has 3 heterocycles. The van der Waals surface area contributed by atoms with Gasteiger partial charge in [-0.1, -0.05) is 38.0 Å². The van der Waals surface area contributed by atoms with Gasteiger partial charge in [-0.15, -0.1) is 0 Å². The Kier molecular flexibility index (Phi) is 5.74. The number of hydrogen-bond donors (Lipinski definition) is 1. The fourth-order valence-electron chi connectivity index (χ4n) is 5.68. The van der Waals surface area contributed by atoms with E-state index in [1.165, 1.54) is 12.5 Å². The van der Waals surface area contributed by atoms with Gasteiger partial charge in [-0.2, -0.15) is 4.98 Å². The average molecular weight is 485 g/mol. The molecule has 2 aliphatic carbocycles. The third-order valence-electron chi connectivity index (χ3n) is 7.66. The van der Waals surface area contributed by atoms with Crippen molar-refractivity contribution < 1.29 is 4.79 Å². The summed E-state index contributed by atoms with van der Waals surface area (Å²) >= 11 is 0. The SMILES string of the molecule is C=CC(=O)N1CCN(c2cc3cnc(NC4CC4)nc3n(C3CCCCC3)c2=O)c2cccc(C)c21. The Hall–Kier alpha value is -3.68. The van der Waals surface area contributed by atoms with Crippen LogP contribution in [0.25, 0.3) is 11.0 Å². The zero-order chi connectivity index (χ0) is 24.8. The Morgan fingerprint density at radius 2 is 1.92 bits per heavy atom. The summed E-state index contributed by atoms with van der Waals surface area (Å²) in [6.45, 7) is 6.67. The highest BCUT2D eigenvalue weighted by Gasteiger charge is 2.31. The van der Waals surface area contributed by atoms with Crippen LogP contribution in [0.2, 0.25) is 0 Å². The summed E-state index contributed by atoms with van der Waals surface area (Å²) in [5.41, 5.74) is 3.96. The Morgan fingerprint density at radius 1 is 1.11 bits per heavy atom. The molecule has 0 bridgehead atoms. The number of carbonyl (C=O) groups excluding carboxylic acids is 1. The number of pyridine rings is 1. The van der Waals surface area contributed by atoms with Crippen molar-refractivity contribution in [2.24, 2.45) is 0 Å². The van der Waals surface area contributed by atoms with E-state index in [9.17, 15) is 9.59 Å².